The van der Waals surface area contributed by atoms with Gasteiger partial charge in [-0.25, -0.2) is 0 Å². The molecule has 0 radical (unpaired) electrons. The smallest absolute Gasteiger partial charge is 0.118 e. The summed E-state index contributed by atoms with van der Waals surface area (Å²) in [5.41, 5.74) is 3.52. The number of aromatic hydroxyl groups is 1. The summed E-state index contributed by atoms with van der Waals surface area (Å²) in [6.07, 6.45) is 3.13. The Balaban J connectivity index is 2.80. The number of allylic oxidation sites excluding steroid dienone is 2. The highest BCUT2D eigenvalue weighted by Crippen LogP contribution is 2.17. The summed E-state index contributed by atoms with van der Waals surface area (Å²) in [5.74, 6) is 0.376. The molecular formula is C12H16O. The Morgan fingerprint density at radius 2 is 2.08 bits per heavy atom. The van der Waals surface area contributed by atoms with Gasteiger partial charge in [0.25, 0.3) is 0 Å². The zero-order chi connectivity index (χ0) is 9.84. The van der Waals surface area contributed by atoms with Crippen molar-refractivity contribution in [3.05, 3.63) is 41.0 Å². The minimum absolute atomic E-state index is 0.376. The molecule has 0 aliphatic rings. The molecule has 1 aromatic carbocycles. The number of hydrogen-bond donors (Lipinski definition) is 1. The monoisotopic (exact) mass is 176 g/mol. The maximum Gasteiger partial charge on any atom is 0.118 e. The predicted molar refractivity (Wildman–Crippen MR) is 56.0 cm³/mol. The summed E-state index contributed by atoms with van der Waals surface area (Å²) in [6, 6.07) is 5.74. The normalized spacial score (nSPS) is 9.77. The van der Waals surface area contributed by atoms with Crippen LogP contribution in [0.1, 0.15) is 25.0 Å². The molecule has 0 aromatic heterocycles. The van der Waals surface area contributed by atoms with Crippen LogP contribution < -0.4 is 0 Å². The molecule has 70 valence electrons. The lowest BCUT2D eigenvalue weighted by Crippen LogP contribution is -1.83. The Morgan fingerprint density at radius 3 is 2.62 bits per heavy atom. The van der Waals surface area contributed by atoms with E-state index in [4.69, 9.17) is 0 Å². The zero-order valence-corrected chi connectivity index (χ0v) is 8.46. The molecule has 1 rings (SSSR count). The molecule has 13 heavy (non-hydrogen) atoms. The number of hydrogen-bond acceptors (Lipinski definition) is 1. The van der Waals surface area contributed by atoms with Gasteiger partial charge >= 0.3 is 0 Å². The number of rotatable bonds is 2. The van der Waals surface area contributed by atoms with E-state index in [9.17, 15) is 5.11 Å². The van der Waals surface area contributed by atoms with Crippen molar-refractivity contribution in [1.29, 1.82) is 0 Å². The largest absolute Gasteiger partial charge is 0.508 e. The summed E-state index contributed by atoms with van der Waals surface area (Å²) >= 11 is 0. The fourth-order valence-electron chi connectivity index (χ4n) is 1.17. The zero-order valence-electron chi connectivity index (χ0n) is 8.46. The van der Waals surface area contributed by atoms with Gasteiger partial charge < -0.3 is 5.11 Å². The first-order chi connectivity index (χ1) is 6.09. The van der Waals surface area contributed by atoms with Crippen molar-refractivity contribution in [2.45, 2.75) is 27.2 Å². The van der Waals surface area contributed by atoms with Gasteiger partial charge in [-0.2, -0.15) is 0 Å². The van der Waals surface area contributed by atoms with Crippen LogP contribution in [-0.2, 0) is 6.42 Å². The minimum Gasteiger partial charge on any atom is -0.508 e. The molecule has 0 saturated heterocycles. The Kier molecular flexibility index (Phi) is 3.13. The third-order valence-corrected chi connectivity index (χ3v) is 2.01. The van der Waals surface area contributed by atoms with E-state index >= 15 is 0 Å². The van der Waals surface area contributed by atoms with Crippen molar-refractivity contribution < 1.29 is 5.11 Å². The number of benzene rings is 1. The molecule has 0 fully saturated rings. The van der Waals surface area contributed by atoms with E-state index in [0.717, 1.165) is 12.0 Å². The molecule has 0 unspecified atom stereocenters. The van der Waals surface area contributed by atoms with Gasteiger partial charge in [-0.3, -0.25) is 0 Å². The molecule has 1 heteroatoms. The molecule has 1 N–H and O–H groups in total. The summed E-state index contributed by atoms with van der Waals surface area (Å²) in [7, 11) is 0. The lowest BCUT2D eigenvalue weighted by Gasteiger charge is -2.01. The number of phenols is 1. The molecular weight excluding hydrogens is 160 g/mol. The molecule has 1 aromatic rings. The Hall–Kier alpha value is -1.24. The van der Waals surface area contributed by atoms with Gasteiger partial charge in [0.15, 0.2) is 0 Å². The van der Waals surface area contributed by atoms with Gasteiger partial charge in [0.2, 0.25) is 0 Å². The minimum atomic E-state index is 0.376. The standard InChI is InChI=1S/C12H16O/c1-9(2)4-5-11-6-7-12(13)10(3)8-11/h4,6-8,13H,5H2,1-3H3. The molecule has 0 spiro atoms. The molecule has 0 aliphatic carbocycles. The lowest BCUT2D eigenvalue weighted by molar-refractivity contribution is 0.471. The average molecular weight is 176 g/mol. The van der Waals surface area contributed by atoms with E-state index in [1.165, 1.54) is 11.1 Å². The lowest BCUT2D eigenvalue weighted by atomic mass is 10.1. The van der Waals surface area contributed by atoms with Gasteiger partial charge in [-0.05, 0) is 44.4 Å². The second-order valence-electron chi connectivity index (χ2n) is 3.61. The van der Waals surface area contributed by atoms with Gasteiger partial charge in [0, 0.05) is 0 Å². The van der Waals surface area contributed by atoms with Crippen LogP contribution in [-0.4, -0.2) is 5.11 Å². The first-order valence-electron chi connectivity index (χ1n) is 4.51. The second kappa shape index (κ2) is 4.13. The quantitative estimate of drug-likeness (QED) is 0.686. The van der Waals surface area contributed by atoms with Crippen LogP contribution in [0.2, 0.25) is 0 Å². The van der Waals surface area contributed by atoms with E-state index in [2.05, 4.69) is 19.9 Å². The van der Waals surface area contributed by atoms with E-state index in [1.54, 1.807) is 6.07 Å². The molecule has 0 aliphatic heterocycles. The van der Waals surface area contributed by atoms with Crippen LogP contribution in [0.4, 0.5) is 0 Å². The molecule has 0 amide bonds. The van der Waals surface area contributed by atoms with Gasteiger partial charge in [-0.1, -0.05) is 23.8 Å². The highest BCUT2D eigenvalue weighted by atomic mass is 16.3. The van der Waals surface area contributed by atoms with Crippen LogP contribution in [0.15, 0.2) is 29.8 Å². The molecule has 0 atom stereocenters. The highest BCUT2D eigenvalue weighted by Gasteiger charge is 1.96. The third-order valence-electron chi connectivity index (χ3n) is 2.01. The fourth-order valence-corrected chi connectivity index (χ4v) is 1.17. The van der Waals surface area contributed by atoms with E-state index in [1.807, 2.05) is 19.1 Å². The summed E-state index contributed by atoms with van der Waals surface area (Å²) < 4.78 is 0. The molecule has 0 saturated carbocycles. The summed E-state index contributed by atoms with van der Waals surface area (Å²) in [6.45, 7) is 6.10. The van der Waals surface area contributed by atoms with Crippen molar-refractivity contribution in [3.63, 3.8) is 0 Å². The van der Waals surface area contributed by atoms with Crippen molar-refractivity contribution >= 4 is 0 Å². The Bertz CT molecular complexity index is 320. The van der Waals surface area contributed by atoms with E-state index < -0.39 is 0 Å². The van der Waals surface area contributed by atoms with Gasteiger partial charge in [-0.15, -0.1) is 0 Å². The van der Waals surface area contributed by atoms with Crippen LogP contribution in [0.3, 0.4) is 0 Å². The Morgan fingerprint density at radius 1 is 1.38 bits per heavy atom. The van der Waals surface area contributed by atoms with Crippen molar-refractivity contribution in [2.75, 3.05) is 0 Å². The first-order valence-corrected chi connectivity index (χ1v) is 4.51. The SMILES string of the molecule is CC(C)=CCc1ccc(O)c(C)c1. The summed E-state index contributed by atoms with van der Waals surface area (Å²) in [4.78, 5) is 0. The van der Waals surface area contributed by atoms with Crippen LogP contribution >= 0.6 is 0 Å². The van der Waals surface area contributed by atoms with Gasteiger partial charge in [0.1, 0.15) is 5.75 Å². The second-order valence-corrected chi connectivity index (χ2v) is 3.61. The Labute approximate surface area is 79.7 Å². The molecule has 1 nitrogen and oxygen atoms in total. The maximum atomic E-state index is 9.31. The van der Waals surface area contributed by atoms with Crippen molar-refractivity contribution in [1.82, 2.24) is 0 Å². The maximum absolute atomic E-state index is 9.31. The average Bonchev–Trinajstić information content (AvgIpc) is 2.07. The molecule has 0 bridgehead atoms. The van der Waals surface area contributed by atoms with Crippen LogP contribution in [0, 0.1) is 6.92 Å². The third kappa shape index (κ3) is 2.94. The van der Waals surface area contributed by atoms with Gasteiger partial charge in [0.05, 0.1) is 0 Å². The summed E-state index contributed by atoms with van der Waals surface area (Å²) in [5, 5.41) is 9.31. The number of phenolic OH excluding ortho intramolecular Hbond substituents is 1. The topological polar surface area (TPSA) is 20.2 Å². The van der Waals surface area contributed by atoms with Crippen molar-refractivity contribution in [2.24, 2.45) is 0 Å². The first kappa shape index (κ1) is 9.85. The van der Waals surface area contributed by atoms with E-state index in [-0.39, 0.29) is 0 Å². The highest BCUT2D eigenvalue weighted by molar-refractivity contribution is 5.35. The van der Waals surface area contributed by atoms with Crippen molar-refractivity contribution in [3.8, 4) is 5.75 Å². The van der Waals surface area contributed by atoms with Crippen LogP contribution in [0.25, 0.3) is 0 Å². The fraction of sp³-hybridized carbons (Fsp3) is 0.333. The number of aryl methyl sites for hydroxylation is 1. The van der Waals surface area contributed by atoms with Crippen LogP contribution in [0.5, 0.6) is 5.75 Å². The predicted octanol–water partition coefficient (Wildman–Crippen LogP) is 3.21. The molecule has 0 heterocycles. The van der Waals surface area contributed by atoms with E-state index in [0.29, 0.717) is 5.75 Å².